The Morgan fingerprint density at radius 2 is 1.30 bits per heavy atom. The van der Waals surface area contributed by atoms with Gasteiger partial charge in [0, 0.05) is 89.5 Å². The quantitative estimate of drug-likeness (QED) is 0.0114. The van der Waals surface area contributed by atoms with Gasteiger partial charge in [-0.2, -0.15) is 13.0 Å². The van der Waals surface area contributed by atoms with Crippen LogP contribution >= 0.6 is 12.0 Å². The van der Waals surface area contributed by atoms with E-state index in [0.717, 1.165) is 87.5 Å². The third-order valence-corrected chi connectivity index (χ3v) is 16.8. The van der Waals surface area contributed by atoms with Gasteiger partial charge in [0.05, 0.1) is 36.6 Å². The Bertz CT molecular complexity index is 2970. The summed E-state index contributed by atoms with van der Waals surface area (Å²) in [5.41, 5.74) is 8.32. The molecule has 3 aromatic carbocycles. The summed E-state index contributed by atoms with van der Waals surface area (Å²) >= 11 is 0.969. The van der Waals surface area contributed by atoms with Crippen molar-refractivity contribution >= 4 is 56.6 Å². The molecule has 8 unspecified atom stereocenters. The van der Waals surface area contributed by atoms with Gasteiger partial charge in [-0.15, -0.1) is 4.33 Å². The molecule has 450 valence electrons. The third-order valence-electron chi connectivity index (χ3n) is 15.4. The maximum atomic E-state index is 13.6. The average Bonchev–Trinajstić information content (AvgIpc) is 2.20. The van der Waals surface area contributed by atoms with Gasteiger partial charge in [0.15, 0.2) is 5.71 Å². The van der Waals surface area contributed by atoms with Crippen LogP contribution in [0.25, 0.3) is 5.57 Å². The average molecular weight is 1180 g/mol. The molecule has 0 aromatic heterocycles. The summed E-state index contributed by atoms with van der Waals surface area (Å²) in [6.07, 6.45) is -1.51. The second kappa shape index (κ2) is 29.5. The van der Waals surface area contributed by atoms with Crippen molar-refractivity contribution in [1.82, 2.24) is 10.6 Å². The molecular weight excluding hydrogens is 1100 g/mol. The predicted octanol–water partition coefficient (Wildman–Crippen LogP) is 2.71. The van der Waals surface area contributed by atoms with Crippen molar-refractivity contribution in [2.24, 2.45) is 0 Å². The summed E-state index contributed by atoms with van der Waals surface area (Å²) in [5.74, 6) is -1.03. The fourth-order valence-electron chi connectivity index (χ4n) is 10.7. The second-order valence-electron chi connectivity index (χ2n) is 21.8. The molecule has 82 heavy (non-hydrogen) atoms. The Hall–Kier alpha value is -5.23. The number of nitrogens with zero attached hydrogens (tertiary/aromatic N) is 2. The maximum Gasteiger partial charge on any atom is 0.264 e. The third kappa shape index (κ3) is 16.1. The van der Waals surface area contributed by atoms with Crippen LogP contribution in [0, 0.1) is 0 Å². The zero-order chi connectivity index (χ0) is 60.1. The number of allylic oxidation sites excluding steroid dienone is 8. The van der Waals surface area contributed by atoms with E-state index in [4.69, 9.17) is 10.4 Å². The number of fused-ring (bicyclic) bond motifs is 2. The van der Waals surface area contributed by atoms with E-state index in [1.54, 1.807) is 30.3 Å². The molecule has 0 spiro atoms. The normalized spacial score (nSPS) is 19.9. The monoisotopic (exact) mass is 1180 g/mol. The first-order valence-corrected chi connectivity index (χ1v) is 29.8. The Labute approximate surface area is 481 Å². The van der Waals surface area contributed by atoms with E-state index in [1.807, 2.05) is 38.1 Å². The maximum absolute atomic E-state index is 13.6. The molecule has 0 saturated carbocycles. The molecule has 0 fully saturated rings. The topological polar surface area (TPSA) is 360 Å². The number of carbonyl (C=O) groups excluding carboxylic acids is 2. The molecule has 0 radical (unpaired) electrons. The Balaban J connectivity index is 1.36. The summed E-state index contributed by atoms with van der Waals surface area (Å²) in [5, 5.41) is 117. The van der Waals surface area contributed by atoms with Gasteiger partial charge in [-0.25, -0.2) is 5.26 Å². The highest BCUT2D eigenvalue weighted by molar-refractivity contribution is 7.94. The Morgan fingerprint density at radius 1 is 0.720 bits per heavy atom. The van der Waals surface area contributed by atoms with E-state index in [1.165, 1.54) is 0 Å². The van der Waals surface area contributed by atoms with E-state index in [0.29, 0.717) is 38.1 Å². The van der Waals surface area contributed by atoms with E-state index < -0.39 is 114 Å². The zero-order valence-electron chi connectivity index (χ0n) is 46.4. The summed E-state index contributed by atoms with van der Waals surface area (Å²) in [6.45, 7) is 6.46. The number of carbonyl (C=O) groups is 2. The molecule has 6 rings (SSSR count). The summed E-state index contributed by atoms with van der Waals surface area (Å²) in [7, 11) is -4.21. The van der Waals surface area contributed by atoms with E-state index in [-0.39, 0.29) is 17.5 Å². The fraction of sp³-hybridized carbons (Fsp3) is 0.500. The van der Waals surface area contributed by atoms with E-state index in [2.05, 4.69) is 79.8 Å². The molecular formula is C58H79N4O18S2+. The molecule has 0 saturated heterocycles. The highest BCUT2D eigenvalue weighted by Gasteiger charge is 2.45. The van der Waals surface area contributed by atoms with Crippen LogP contribution in [0.2, 0.25) is 0 Å². The summed E-state index contributed by atoms with van der Waals surface area (Å²) in [4.78, 5) is 29.4. The zero-order valence-corrected chi connectivity index (χ0v) is 48.0. The van der Waals surface area contributed by atoms with Crippen LogP contribution in [0.5, 0.6) is 0 Å². The smallest absolute Gasteiger partial charge is 0.264 e. The highest BCUT2D eigenvalue weighted by atomic mass is 32.2. The molecule has 24 heteroatoms. The van der Waals surface area contributed by atoms with Crippen molar-refractivity contribution in [2.75, 3.05) is 55.8 Å². The van der Waals surface area contributed by atoms with Crippen LogP contribution in [0.1, 0.15) is 110 Å². The predicted molar refractivity (Wildman–Crippen MR) is 308 cm³/mol. The minimum absolute atomic E-state index is 0.182. The lowest BCUT2D eigenvalue weighted by molar-refractivity contribution is -0.438. The number of aliphatic hydroxyl groups excluding tert-OH is 10. The number of anilines is 1. The van der Waals surface area contributed by atoms with Gasteiger partial charge in [0.1, 0.15) is 43.2 Å². The molecule has 3 aliphatic rings. The SMILES string of the molecule is CC1(C)C(/C=C/C2=C(c3ccccc3)C(=C/C=C3/N(CCCCSOOO)c4ccc(C(=O)NCC(O)C(O)C(O)C(O)CO)cc4C3(C)C)/CCC2)=[N+](CCCCS(=O)(=O)O)c2ccc(C(=O)NCC(O)C(O)C(O)C(O)CO)cc21. The molecule has 8 atom stereocenters. The first kappa shape index (κ1) is 65.9. The summed E-state index contributed by atoms with van der Waals surface area (Å²) < 4.78 is 39.7. The van der Waals surface area contributed by atoms with Gasteiger partial charge in [-0.05, 0) is 117 Å². The number of nitrogens with one attached hydrogen (secondary N) is 2. The van der Waals surface area contributed by atoms with Crippen molar-refractivity contribution in [3.05, 3.63) is 136 Å². The van der Waals surface area contributed by atoms with Crippen LogP contribution in [0.15, 0.2) is 108 Å². The first-order valence-electron chi connectivity index (χ1n) is 27.2. The number of hydrogen-bond acceptors (Lipinski definition) is 19. The van der Waals surface area contributed by atoms with Gasteiger partial charge < -0.3 is 66.6 Å². The van der Waals surface area contributed by atoms with Gasteiger partial charge in [0.25, 0.3) is 21.9 Å². The second-order valence-corrected chi connectivity index (χ2v) is 24.1. The number of unbranched alkanes of at least 4 members (excludes halogenated alkanes) is 2. The molecule has 0 bridgehead atoms. The van der Waals surface area contributed by atoms with Crippen molar-refractivity contribution in [3.8, 4) is 0 Å². The van der Waals surface area contributed by atoms with Gasteiger partial charge in [0.2, 0.25) is 5.69 Å². The molecule has 2 heterocycles. The number of amides is 2. The van der Waals surface area contributed by atoms with Crippen LogP contribution in [-0.4, -0.2) is 191 Å². The van der Waals surface area contributed by atoms with Gasteiger partial charge in [-0.3, -0.25) is 14.1 Å². The van der Waals surface area contributed by atoms with Crippen molar-refractivity contribution in [2.45, 2.75) is 132 Å². The van der Waals surface area contributed by atoms with Gasteiger partial charge in [-0.1, -0.05) is 61.4 Å². The largest absolute Gasteiger partial charge is 0.394 e. The standard InChI is InChI=1S/C58H78N4O18S2/c1-57(2)40-29-38(55(73)59-31-44(65)51(69)53(71)46(67)33-63)17-21-42(40)61(25-8-10-27-81-80-79-75)48(57)23-19-36-15-12-16-37(50(36)35-13-6-5-7-14-35)20-24-49-58(3,4)41-30-39(18-22-43(41)62(49)26-9-11-28-82(76,77)78)56(74)60-32-45(66)52(70)54(72)47(68)34-64/h5-7,13-14,17-24,29-30,44-47,51-54,63-72H,8-12,15-16,25-28,31-34H2,1-4H3,(H3-,59,60,73,74,75,76,77,78)/p+1. The van der Waals surface area contributed by atoms with Gasteiger partial charge >= 0.3 is 0 Å². The lowest BCUT2D eigenvalue weighted by Crippen LogP contribution is -2.49. The molecule has 2 aliphatic heterocycles. The van der Waals surface area contributed by atoms with Crippen molar-refractivity contribution < 1.29 is 92.8 Å². The summed E-state index contributed by atoms with van der Waals surface area (Å²) in [6, 6.07) is 20.5. The fourth-order valence-corrected chi connectivity index (χ4v) is 11.7. The molecule has 14 N–H and O–H groups in total. The van der Waals surface area contributed by atoms with Crippen molar-refractivity contribution in [3.63, 3.8) is 0 Å². The van der Waals surface area contributed by atoms with Crippen LogP contribution in [0.4, 0.5) is 11.4 Å². The molecule has 1 aliphatic carbocycles. The Kier molecular flexibility index (Phi) is 23.7. The minimum Gasteiger partial charge on any atom is -0.394 e. The van der Waals surface area contributed by atoms with Crippen LogP contribution < -0.4 is 15.5 Å². The lowest BCUT2D eigenvalue weighted by Gasteiger charge is -2.28. The van der Waals surface area contributed by atoms with Crippen LogP contribution in [0.3, 0.4) is 0 Å². The lowest BCUT2D eigenvalue weighted by atomic mass is 9.79. The molecule has 3 aromatic rings. The molecule has 2 amide bonds. The number of aliphatic hydroxyl groups is 10. The highest BCUT2D eigenvalue weighted by Crippen LogP contribution is 2.49. The first-order chi connectivity index (χ1) is 38.9. The number of hydrogen-bond donors (Lipinski definition) is 14. The minimum atomic E-state index is -4.21. The van der Waals surface area contributed by atoms with Crippen molar-refractivity contribution in [1.29, 1.82) is 0 Å². The number of rotatable bonds is 30. The number of benzene rings is 3. The van der Waals surface area contributed by atoms with E-state index in [9.17, 15) is 68.5 Å². The Morgan fingerprint density at radius 3 is 1.89 bits per heavy atom. The molecule has 22 nitrogen and oxygen atoms in total. The van der Waals surface area contributed by atoms with Crippen LogP contribution in [-0.2, 0) is 30.3 Å². The van der Waals surface area contributed by atoms with E-state index >= 15 is 0 Å².